The van der Waals surface area contributed by atoms with Crippen molar-refractivity contribution in [2.75, 3.05) is 31.1 Å². The summed E-state index contributed by atoms with van der Waals surface area (Å²) >= 11 is 0. The van der Waals surface area contributed by atoms with Gasteiger partial charge in [0, 0.05) is 44.3 Å². The number of hydrogen-bond donors (Lipinski definition) is 0. The number of anilines is 1. The van der Waals surface area contributed by atoms with Gasteiger partial charge in [-0.3, -0.25) is 9.78 Å². The zero-order chi connectivity index (χ0) is 16.8. The van der Waals surface area contributed by atoms with Crippen molar-refractivity contribution in [1.29, 1.82) is 5.26 Å². The standard InChI is InChI=1S/C19H18N4O/c20-15-17(14-16-6-8-21-9-7-16)19(24)23-12-10-22(11-13-23)18-4-2-1-3-5-18/h1-9,14H,10-13H2/b17-14-. The molecule has 5 nitrogen and oxygen atoms in total. The number of amides is 1. The van der Waals surface area contributed by atoms with E-state index >= 15 is 0 Å². The highest BCUT2D eigenvalue weighted by molar-refractivity contribution is 6.01. The molecule has 24 heavy (non-hydrogen) atoms. The van der Waals surface area contributed by atoms with Crippen LogP contribution in [0.3, 0.4) is 0 Å². The molecule has 1 fully saturated rings. The summed E-state index contributed by atoms with van der Waals surface area (Å²) in [5.41, 5.74) is 2.13. The van der Waals surface area contributed by atoms with Gasteiger partial charge in [0.05, 0.1) is 0 Å². The monoisotopic (exact) mass is 318 g/mol. The van der Waals surface area contributed by atoms with E-state index in [4.69, 9.17) is 0 Å². The Hall–Kier alpha value is -3.13. The van der Waals surface area contributed by atoms with E-state index in [2.05, 4.69) is 22.0 Å². The Morgan fingerprint density at radius 2 is 1.71 bits per heavy atom. The number of pyridine rings is 1. The maximum atomic E-state index is 12.6. The molecule has 0 unspecified atom stereocenters. The summed E-state index contributed by atoms with van der Waals surface area (Å²) in [6.07, 6.45) is 4.90. The van der Waals surface area contributed by atoms with Gasteiger partial charge in [0.1, 0.15) is 11.6 Å². The molecule has 0 aliphatic carbocycles. The number of nitrogens with zero attached hydrogens (tertiary/aromatic N) is 4. The van der Waals surface area contributed by atoms with Crippen LogP contribution in [0.25, 0.3) is 6.08 Å². The molecule has 1 aliphatic rings. The van der Waals surface area contributed by atoms with Gasteiger partial charge in [-0.25, -0.2) is 0 Å². The Balaban J connectivity index is 1.66. The Morgan fingerprint density at radius 3 is 2.33 bits per heavy atom. The summed E-state index contributed by atoms with van der Waals surface area (Å²) in [4.78, 5) is 20.5. The molecular weight excluding hydrogens is 300 g/mol. The van der Waals surface area contributed by atoms with E-state index in [1.165, 1.54) is 0 Å². The summed E-state index contributed by atoms with van der Waals surface area (Å²) in [6, 6.07) is 15.7. The molecule has 0 atom stereocenters. The normalized spacial score (nSPS) is 15.0. The fraction of sp³-hybridized carbons (Fsp3) is 0.211. The summed E-state index contributed by atoms with van der Waals surface area (Å²) in [5, 5.41) is 9.33. The fourth-order valence-corrected chi connectivity index (χ4v) is 2.75. The number of hydrogen-bond acceptors (Lipinski definition) is 4. The van der Waals surface area contributed by atoms with Crippen molar-refractivity contribution in [3.63, 3.8) is 0 Å². The second-order valence-electron chi connectivity index (χ2n) is 5.57. The largest absolute Gasteiger partial charge is 0.368 e. The topological polar surface area (TPSA) is 60.2 Å². The lowest BCUT2D eigenvalue weighted by Crippen LogP contribution is -2.49. The van der Waals surface area contributed by atoms with Crippen LogP contribution < -0.4 is 4.90 Å². The SMILES string of the molecule is N#C/C(=C/c1ccncc1)C(=O)N1CCN(c2ccccc2)CC1. The molecule has 0 radical (unpaired) electrons. The van der Waals surface area contributed by atoms with E-state index in [-0.39, 0.29) is 11.5 Å². The van der Waals surface area contributed by atoms with E-state index in [0.717, 1.165) is 24.3 Å². The number of benzene rings is 1. The van der Waals surface area contributed by atoms with E-state index in [1.807, 2.05) is 24.3 Å². The second kappa shape index (κ2) is 7.42. The summed E-state index contributed by atoms with van der Waals surface area (Å²) in [5.74, 6) is -0.206. The molecule has 2 aromatic rings. The zero-order valence-electron chi connectivity index (χ0n) is 13.3. The van der Waals surface area contributed by atoms with Gasteiger partial charge in [-0.15, -0.1) is 0 Å². The smallest absolute Gasteiger partial charge is 0.264 e. The van der Waals surface area contributed by atoms with Crippen molar-refractivity contribution < 1.29 is 4.79 Å². The van der Waals surface area contributed by atoms with Crippen LogP contribution in [0.1, 0.15) is 5.56 Å². The van der Waals surface area contributed by atoms with Crippen LogP contribution in [0.4, 0.5) is 5.69 Å². The summed E-state index contributed by atoms with van der Waals surface area (Å²) in [7, 11) is 0. The molecule has 120 valence electrons. The molecule has 0 spiro atoms. The maximum absolute atomic E-state index is 12.6. The number of carbonyl (C=O) groups is 1. The van der Waals surface area contributed by atoms with Crippen molar-refractivity contribution in [1.82, 2.24) is 9.88 Å². The van der Waals surface area contributed by atoms with Crippen LogP contribution in [0.15, 0.2) is 60.4 Å². The minimum absolute atomic E-state index is 0.161. The Labute approximate surface area is 141 Å². The minimum atomic E-state index is -0.206. The predicted molar refractivity (Wildman–Crippen MR) is 93.1 cm³/mol. The van der Waals surface area contributed by atoms with Gasteiger partial charge in [-0.05, 0) is 35.9 Å². The van der Waals surface area contributed by atoms with Crippen LogP contribution >= 0.6 is 0 Å². The highest BCUT2D eigenvalue weighted by Gasteiger charge is 2.23. The van der Waals surface area contributed by atoms with E-state index in [1.54, 1.807) is 35.5 Å². The maximum Gasteiger partial charge on any atom is 0.264 e. The quantitative estimate of drug-likeness (QED) is 0.644. The molecule has 5 heteroatoms. The predicted octanol–water partition coefficient (Wildman–Crippen LogP) is 2.34. The van der Waals surface area contributed by atoms with Crippen LogP contribution in [0.2, 0.25) is 0 Å². The average Bonchev–Trinajstić information content (AvgIpc) is 2.67. The Kier molecular flexibility index (Phi) is 4.87. The molecule has 1 amide bonds. The van der Waals surface area contributed by atoms with Crippen LogP contribution in [-0.4, -0.2) is 42.0 Å². The molecule has 1 aliphatic heterocycles. The first kappa shape index (κ1) is 15.8. The van der Waals surface area contributed by atoms with Gasteiger partial charge in [0.15, 0.2) is 0 Å². The molecule has 1 saturated heterocycles. The van der Waals surface area contributed by atoms with Crippen LogP contribution in [0.5, 0.6) is 0 Å². The molecule has 1 aromatic heterocycles. The number of para-hydroxylation sites is 1. The summed E-state index contributed by atoms with van der Waals surface area (Å²) in [6.45, 7) is 2.76. The lowest BCUT2D eigenvalue weighted by Gasteiger charge is -2.36. The van der Waals surface area contributed by atoms with Gasteiger partial charge in [0.25, 0.3) is 5.91 Å². The highest BCUT2D eigenvalue weighted by Crippen LogP contribution is 2.17. The fourth-order valence-electron chi connectivity index (χ4n) is 2.75. The van der Waals surface area contributed by atoms with Gasteiger partial charge in [-0.2, -0.15) is 5.26 Å². The van der Waals surface area contributed by atoms with Crippen LogP contribution in [-0.2, 0) is 4.79 Å². The number of nitriles is 1. The number of rotatable bonds is 3. The average molecular weight is 318 g/mol. The number of piperazine rings is 1. The molecular formula is C19H18N4O. The number of carbonyl (C=O) groups excluding carboxylic acids is 1. The third-order valence-corrected chi connectivity index (χ3v) is 4.06. The molecule has 1 aromatic carbocycles. The molecule has 2 heterocycles. The first-order valence-electron chi connectivity index (χ1n) is 7.89. The third kappa shape index (κ3) is 3.61. The van der Waals surface area contributed by atoms with Gasteiger partial charge in [-0.1, -0.05) is 18.2 Å². The highest BCUT2D eigenvalue weighted by atomic mass is 16.2. The van der Waals surface area contributed by atoms with Crippen molar-refractivity contribution >= 4 is 17.7 Å². The molecule has 3 rings (SSSR count). The first-order chi connectivity index (χ1) is 11.8. The van der Waals surface area contributed by atoms with Crippen molar-refractivity contribution in [2.24, 2.45) is 0 Å². The molecule has 0 N–H and O–H groups in total. The van der Waals surface area contributed by atoms with Crippen LogP contribution in [0, 0.1) is 11.3 Å². The van der Waals surface area contributed by atoms with E-state index < -0.39 is 0 Å². The van der Waals surface area contributed by atoms with Crippen molar-refractivity contribution in [2.45, 2.75) is 0 Å². The van der Waals surface area contributed by atoms with E-state index in [0.29, 0.717) is 13.1 Å². The summed E-state index contributed by atoms with van der Waals surface area (Å²) < 4.78 is 0. The van der Waals surface area contributed by atoms with Gasteiger partial charge < -0.3 is 9.80 Å². The Morgan fingerprint density at radius 1 is 1.04 bits per heavy atom. The minimum Gasteiger partial charge on any atom is -0.368 e. The Bertz CT molecular complexity index is 757. The number of aromatic nitrogens is 1. The molecule has 0 bridgehead atoms. The lowest BCUT2D eigenvalue weighted by atomic mass is 10.1. The molecule has 0 saturated carbocycles. The van der Waals surface area contributed by atoms with Gasteiger partial charge >= 0.3 is 0 Å². The van der Waals surface area contributed by atoms with E-state index in [9.17, 15) is 10.1 Å². The first-order valence-corrected chi connectivity index (χ1v) is 7.89. The van der Waals surface area contributed by atoms with Gasteiger partial charge in [0.2, 0.25) is 0 Å². The lowest BCUT2D eigenvalue weighted by molar-refractivity contribution is -0.126. The second-order valence-corrected chi connectivity index (χ2v) is 5.57. The van der Waals surface area contributed by atoms with Crippen molar-refractivity contribution in [3.8, 4) is 6.07 Å². The third-order valence-electron chi connectivity index (χ3n) is 4.06. The zero-order valence-corrected chi connectivity index (χ0v) is 13.3. The van der Waals surface area contributed by atoms with Crippen molar-refractivity contribution in [3.05, 3.63) is 66.0 Å².